The van der Waals surface area contributed by atoms with E-state index in [4.69, 9.17) is 13.7 Å². The Bertz CT molecular complexity index is 739. The van der Waals surface area contributed by atoms with Gasteiger partial charge in [0, 0.05) is 17.5 Å². The monoisotopic (exact) mass is 286 g/mol. The SMILES string of the molecule is COc1cccc2cc(CNCc3c(C)noc3C)oc12. The Kier molecular flexibility index (Phi) is 3.66. The summed E-state index contributed by atoms with van der Waals surface area (Å²) in [5.41, 5.74) is 2.81. The van der Waals surface area contributed by atoms with E-state index in [1.165, 1.54) is 0 Å². The Morgan fingerprint density at radius 3 is 2.81 bits per heavy atom. The molecule has 0 saturated heterocycles. The molecule has 0 bridgehead atoms. The summed E-state index contributed by atoms with van der Waals surface area (Å²) in [5, 5.41) is 8.34. The Balaban J connectivity index is 1.71. The average molecular weight is 286 g/mol. The molecule has 2 heterocycles. The zero-order chi connectivity index (χ0) is 14.8. The van der Waals surface area contributed by atoms with Gasteiger partial charge in [0.2, 0.25) is 0 Å². The lowest BCUT2D eigenvalue weighted by molar-refractivity contribution is 0.391. The molecular formula is C16H18N2O3. The van der Waals surface area contributed by atoms with Crippen LogP contribution >= 0.6 is 0 Å². The number of nitrogens with one attached hydrogen (secondary N) is 1. The molecule has 1 N–H and O–H groups in total. The summed E-state index contributed by atoms with van der Waals surface area (Å²) < 4.78 is 16.3. The molecule has 0 aliphatic carbocycles. The first-order valence-electron chi connectivity index (χ1n) is 6.87. The summed E-state index contributed by atoms with van der Waals surface area (Å²) in [5.74, 6) is 2.48. The molecule has 21 heavy (non-hydrogen) atoms. The first-order chi connectivity index (χ1) is 10.2. The van der Waals surface area contributed by atoms with Crippen LogP contribution in [0, 0.1) is 13.8 Å². The molecular weight excluding hydrogens is 268 g/mol. The van der Waals surface area contributed by atoms with Gasteiger partial charge in [-0.15, -0.1) is 0 Å². The molecule has 110 valence electrons. The maximum Gasteiger partial charge on any atom is 0.176 e. The largest absolute Gasteiger partial charge is 0.493 e. The summed E-state index contributed by atoms with van der Waals surface area (Å²) in [7, 11) is 1.65. The standard InChI is InChI=1S/C16H18N2O3/c1-10-14(11(2)21-18-10)9-17-8-13-7-12-5-4-6-15(19-3)16(12)20-13/h4-7,17H,8-9H2,1-3H3. The van der Waals surface area contributed by atoms with E-state index in [2.05, 4.69) is 10.5 Å². The summed E-state index contributed by atoms with van der Waals surface area (Å²) in [6.07, 6.45) is 0. The van der Waals surface area contributed by atoms with E-state index >= 15 is 0 Å². The van der Waals surface area contributed by atoms with E-state index < -0.39 is 0 Å². The van der Waals surface area contributed by atoms with Crippen LogP contribution in [0.1, 0.15) is 22.8 Å². The van der Waals surface area contributed by atoms with Crippen LogP contribution in [0.5, 0.6) is 5.75 Å². The van der Waals surface area contributed by atoms with E-state index in [0.29, 0.717) is 13.1 Å². The molecule has 3 aromatic rings. The minimum Gasteiger partial charge on any atom is -0.493 e. The number of furan rings is 1. The van der Waals surface area contributed by atoms with E-state index in [1.54, 1.807) is 7.11 Å². The lowest BCUT2D eigenvalue weighted by Crippen LogP contribution is -2.13. The number of para-hydroxylation sites is 1. The third kappa shape index (κ3) is 2.64. The second kappa shape index (κ2) is 5.61. The van der Waals surface area contributed by atoms with Gasteiger partial charge in [-0.1, -0.05) is 17.3 Å². The van der Waals surface area contributed by atoms with Gasteiger partial charge in [-0.25, -0.2) is 0 Å². The Hall–Kier alpha value is -2.27. The topological polar surface area (TPSA) is 60.4 Å². The van der Waals surface area contributed by atoms with Crippen LogP contribution in [-0.4, -0.2) is 12.3 Å². The lowest BCUT2D eigenvalue weighted by atomic mass is 10.2. The van der Waals surface area contributed by atoms with Crippen molar-refractivity contribution in [2.24, 2.45) is 0 Å². The first kappa shape index (κ1) is 13.7. The number of methoxy groups -OCH3 is 1. The molecule has 3 rings (SSSR count). The van der Waals surface area contributed by atoms with Crippen LogP contribution in [0.2, 0.25) is 0 Å². The van der Waals surface area contributed by atoms with Crippen molar-refractivity contribution in [1.29, 1.82) is 0 Å². The number of fused-ring (bicyclic) bond motifs is 1. The van der Waals surface area contributed by atoms with Gasteiger partial charge in [0.1, 0.15) is 11.5 Å². The quantitative estimate of drug-likeness (QED) is 0.779. The van der Waals surface area contributed by atoms with Gasteiger partial charge in [0.05, 0.1) is 19.3 Å². The van der Waals surface area contributed by atoms with Gasteiger partial charge in [0.15, 0.2) is 11.3 Å². The molecule has 0 amide bonds. The molecule has 5 nitrogen and oxygen atoms in total. The Morgan fingerprint density at radius 2 is 2.10 bits per heavy atom. The average Bonchev–Trinajstić information content (AvgIpc) is 3.04. The number of nitrogens with zero attached hydrogens (tertiary/aromatic N) is 1. The van der Waals surface area contributed by atoms with Gasteiger partial charge in [0.25, 0.3) is 0 Å². The van der Waals surface area contributed by atoms with Gasteiger partial charge in [-0.2, -0.15) is 0 Å². The van der Waals surface area contributed by atoms with Crippen molar-refractivity contribution in [3.8, 4) is 5.75 Å². The van der Waals surface area contributed by atoms with E-state index in [-0.39, 0.29) is 0 Å². The maximum absolute atomic E-state index is 5.84. The fourth-order valence-corrected chi connectivity index (χ4v) is 2.40. The first-order valence-corrected chi connectivity index (χ1v) is 6.87. The van der Waals surface area contributed by atoms with Crippen LogP contribution in [0.15, 0.2) is 33.2 Å². The van der Waals surface area contributed by atoms with Crippen molar-refractivity contribution in [3.05, 3.63) is 47.0 Å². The molecule has 0 unspecified atom stereocenters. The number of rotatable bonds is 5. The number of aryl methyl sites for hydroxylation is 2. The minimum atomic E-state index is 0.641. The van der Waals surface area contributed by atoms with Crippen molar-refractivity contribution in [3.63, 3.8) is 0 Å². The summed E-state index contributed by atoms with van der Waals surface area (Å²) in [6.45, 7) is 5.21. The summed E-state index contributed by atoms with van der Waals surface area (Å²) in [4.78, 5) is 0. The lowest BCUT2D eigenvalue weighted by Gasteiger charge is -2.02. The third-order valence-corrected chi connectivity index (χ3v) is 3.56. The summed E-state index contributed by atoms with van der Waals surface area (Å²) in [6, 6.07) is 7.89. The zero-order valence-corrected chi connectivity index (χ0v) is 12.4. The normalized spacial score (nSPS) is 11.2. The molecule has 0 radical (unpaired) electrons. The Labute approximate surface area is 122 Å². The Morgan fingerprint density at radius 1 is 1.24 bits per heavy atom. The molecule has 0 aliphatic rings. The fourth-order valence-electron chi connectivity index (χ4n) is 2.40. The van der Waals surface area contributed by atoms with Crippen LogP contribution in [0.25, 0.3) is 11.0 Å². The van der Waals surface area contributed by atoms with Crippen LogP contribution in [-0.2, 0) is 13.1 Å². The number of ether oxygens (including phenoxy) is 1. The molecule has 5 heteroatoms. The van der Waals surface area contributed by atoms with E-state index in [1.807, 2.05) is 38.1 Å². The zero-order valence-electron chi connectivity index (χ0n) is 12.4. The molecule has 0 saturated carbocycles. The van der Waals surface area contributed by atoms with Gasteiger partial charge in [-0.3, -0.25) is 0 Å². The summed E-state index contributed by atoms with van der Waals surface area (Å²) >= 11 is 0. The van der Waals surface area contributed by atoms with Crippen LogP contribution < -0.4 is 10.1 Å². The maximum atomic E-state index is 5.84. The molecule has 1 aromatic carbocycles. The van der Waals surface area contributed by atoms with E-state index in [9.17, 15) is 0 Å². The second-order valence-electron chi connectivity index (χ2n) is 5.00. The van der Waals surface area contributed by atoms with Crippen LogP contribution in [0.4, 0.5) is 0 Å². The van der Waals surface area contributed by atoms with E-state index in [0.717, 1.165) is 39.5 Å². The number of benzene rings is 1. The third-order valence-electron chi connectivity index (χ3n) is 3.56. The highest BCUT2D eigenvalue weighted by atomic mass is 16.5. The van der Waals surface area contributed by atoms with Crippen molar-refractivity contribution < 1.29 is 13.7 Å². The fraction of sp³-hybridized carbons (Fsp3) is 0.312. The second-order valence-corrected chi connectivity index (χ2v) is 5.00. The predicted octanol–water partition coefficient (Wildman–Crippen LogP) is 3.34. The highest BCUT2D eigenvalue weighted by molar-refractivity contribution is 5.83. The van der Waals surface area contributed by atoms with Gasteiger partial charge in [-0.05, 0) is 26.0 Å². The predicted molar refractivity (Wildman–Crippen MR) is 79.3 cm³/mol. The smallest absolute Gasteiger partial charge is 0.176 e. The number of hydrogen-bond acceptors (Lipinski definition) is 5. The van der Waals surface area contributed by atoms with Crippen LogP contribution in [0.3, 0.4) is 0 Å². The molecule has 0 fully saturated rings. The van der Waals surface area contributed by atoms with Crippen molar-refractivity contribution in [2.45, 2.75) is 26.9 Å². The minimum absolute atomic E-state index is 0.641. The molecule has 0 atom stereocenters. The van der Waals surface area contributed by atoms with Gasteiger partial charge < -0.3 is 19.0 Å². The number of aromatic nitrogens is 1. The van der Waals surface area contributed by atoms with Crippen molar-refractivity contribution >= 4 is 11.0 Å². The molecule has 0 spiro atoms. The number of hydrogen-bond donors (Lipinski definition) is 1. The highest BCUT2D eigenvalue weighted by Crippen LogP contribution is 2.28. The molecule has 2 aromatic heterocycles. The molecule has 0 aliphatic heterocycles. The van der Waals surface area contributed by atoms with Gasteiger partial charge >= 0.3 is 0 Å². The highest BCUT2D eigenvalue weighted by Gasteiger charge is 2.10. The van der Waals surface area contributed by atoms with Crippen molar-refractivity contribution in [2.75, 3.05) is 7.11 Å². The van der Waals surface area contributed by atoms with Crippen molar-refractivity contribution in [1.82, 2.24) is 10.5 Å².